The number of benzene rings is 1. The van der Waals surface area contributed by atoms with Crippen LogP contribution < -0.4 is 21.5 Å². The number of carbonyl (C=O) groups is 1. The normalized spacial score (nSPS) is 16.6. The summed E-state index contributed by atoms with van der Waals surface area (Å²) in [7, 11) is 0. The zero-order valence-corrected chi connectivity index (χ0v) is 24.3. The first-order valence-electron chi connectivity index (χ1n) is 14.5. The SMILES string of the molecule is O=C(Cn1c(=O)c(-c2ccc(-c3nccs3)cn2)cc2cnc(Nc3ccc(NC4CCNC4)cc3)nc21)N1CCCC1. The highest BCUT2D eigenvalue weighted by Gasteiger charge is 2.22. The molecule has 0 spiro atoms. The average Bonchev–Trinajstić information content (AvgIpc) is 3.84. The lowest BCUT2D eigenvalue weighted by atomic mass is 10.1. The van der Waals surface area contributed by atoms with Gasteiger partial charge in [0.1, 0.15) is 17.2 Å². The molecular weight excluding hydrogens is 562 g/mol. The van der Waals surface area contributed by atoms with E-state index in [1.165, 1.54) is 15.9 Å². The fourth-order valence-electron chi connectivity index (χ4n) is 5.59. The summed E-state index contributed by atoms with van der Waals surface area (Å²) in [4.78, 5) is 47.2. The van der Waals surface area contributed by atoms with Crippen LogP contribution in [0.25, 0.3) is 32.9 Å². The van der Waals surface area contributed by atoms with E-state index in [2.05, 4.69) is 30.9 Å². The van der Waals surface area contributed by atoms with Gasteiger partial charge >= 0.3 is 0 Å². The van der Waals surface area contributed by atoms with Crippen molar-refractivity contribution in [2.24, 2.45) is 0 Å². The molecule has 43 heavy (non-hydrogen) atoms. The Bertz CT molecular complexity index is 1790. The van der Waals surface area contributed by atoms with Gasteiger partial charge in [-0.2, -0.15) is 4.98 Å². The van der Waals surface area contributed by atoms with Crippen LogP contribution in [0.3, 0.4) is 0 Å². The number of carbonyl (C=O) groups excluding carboxylic acids is 1. The van der Waals surface area contributed by atoms with E-state index in [0.717, 1.165) is 54.3 Å². The fourth-order valence-corrected chi connectivity index (χ4v) is 6.22. The van der Waals surface area contributed by atoms with Crippen LogP contribution in [0.2, 0.25) is 0 Å². The number of thiazole rings is 1. The molecule has 1 amide bonds. The summed E-state index contributed by atoms with van der Waals surface area (Å²) < 4.78 is 1.46. The van der Waals surface area contributed by atoms with E-state index in [1.54, 1.807) is 24.7 Å². The second-order valence-electron chi connectivity index (χ2n) is 10.8. The number of fused-ring (bicyclic) bond motifs is 1. The number of aromatic nitrogens is 5. The molecule has 3 N–H and O–H groups in total. The van der Waals surface area contributed by atoms with E-state index >= 15 is 0 Å². The Balaban J connectivity index is 1.21. The van der Waals surface area contributed by atoms with Crippen LogP contribution in [0.4, 0.5) is 17.3 Å². The summed E-state index contributed by atoms with van der Waals surface area (Å²) in [5.41, 5.74) is 3.71. The highest BCUT2D eigenvalue weighted by atomic mass is 32.1. The van der Waals surface area contributed by atoms with Crippen molar-refractivity contribution in [3.63, 3.8) is 0 Å². The molecule has 1 atom stereocenters. The molecule has 11 nitrogen and oxygen atoms in total. The quantitative estimate of drug-likeness (QED) is 0.243. The van der Waals surface area contributed by atoms with Gasteiger partial charge in [-0.25, -0.2) is 9.97 Å². The van der Waals surface area contributed by atoms with Gasteiger partial charge in [0.2, 0.25) is 11.9 Å². The van der Waals surface area contributed by atoms with E-state index in [1.807, 2.05) is 46.7 Å². The molecule has 4 aromatic heterocycles. The van der Waals surface area contributed by atoms with Crippen LogP contribution in [-0.4, -0.2) is 67.5 Å². The van der Waals surface area contributed by atoms with Gasteiger partial charge in [0.25, 0.3) is 5.56 Å². The summed E-state index contributed by atoms with van der Waals surface area (Å²) in [5, 5.41) is 13.6. The fraction of sp³-hybridized carbons (Fsp3) is 0.290. The largest absolute Gasteiger partial charge is 0.381 e. The molecule has 0 bridgehead atoms. The molecule has 2 aliphatic heterocycles. The number of nitrogens with one attached hydrogen (secondary N) is 3. The first kappa shape index (κ1) is 27.2. The van der Waals surface area contributed by atoms with Gasteiger partial charge in [0.05, 0.1) is 11.3 Å². The Labute approximate surface area is 252 Å². The van der Waals surface area contributed by atoms with Crippen LogP contribution in [0, 0.1) is 0 Å². The number of anilines is 3. The van der Waals surface area contributed by atoms with Crippen molar-refractivity contribution in [3.05, 3.63) is 76.8 Å². The summed E-state index contributed by atoms with van der Waals surface area (Å²) in [6, 6.07) is 13.9. The molecule has 12 heteroatoms. The minimum atomic E-state index is -0.323. The molecule has 1 unspecified atom stereocenters. The molecule has 5 aromatic rings. The van der Waals surface area contributed by atoms with Crippen LogP contribution >= 0.6 is 11.3 Å². The van der Waals surface area contributed by atoms with Gasteiger partial charge in [-0.15, -0.1) is 11.3 Å². The van der Waals surface area contributed by atoms with Gasteiger partial charge in [-0.1, -0.05) is 0 Å². The smallest absolute Gasteiger partial charge is 0.262 e. The summed E-state index contributed by atoms with van der Waals surface area (Å²) in [6.07, 6.45) is 8.18. The predicted molar refractivity (Wildman–Crippen MR) is 169 cm³/mol. The summed E-state index contributed by atoms with van der Waals surface area (Å²) in [6.45, 7) is 3.29. The molecule has 0 radical (unpaired) electrons. The zero-order chi connectivity index (χ0) is 29.2. The number of rotatable bonds is 8. The third-order valence-corrected chi connectivity index (χ3v) is 8.69. The first-order valence-corrected chi connectivity index (χ1v) is 15.4. The lowest BCUT2D eigenvalue weighted by Crippen LogP contribution is -2.35. The van der Waals surface area contributed by atoms with Crippen molar-refractivity contribution < 1.29 is 4.79 Å². The van der Waals surface area contributed by atoms with Gasteiger partial charge in [0, 0.05) is 72.0 Å². The molecule has 2 saturated heterocycles. The Morgan fingerprint density at radius 3 is 2.58 bits per heavy atom. The Morgan fingerprint density at radius 1 is 1.02 bits per heavy atom. The van der Waals surface area contributed by atoms with Crippen molar-refractivity contribution >= 4 is 45.6 Å². The van der Waals surface area contributed by atoms with Crippen LogP contribution in [0.1, 0.15) is 19.3 Å². The van der Waals surface area contributed by atoms with Gasteiger partial charge < -0.3 is 20.9 Å². The third kappa shape index (κ3) is 5.84. The standard InChI is InChI=1S/C31H31N9O2S/c41-27(39-12-1-2-13-39)19-40-28-21(15-25(30(40)42)26-8-3-20(16-34-26)29-33-11-14-43-29)17-35-31(38-28)37-23-6-4-22(5-7-23)36-24-9-10-32-18-24/h3-8,11,14-17,24,32,36H,1-2,9-10,12-13,18-19H2,(H,35,37,38). The number of hydrogen-bond donors (Lipinski definition) is 3. The molecule has 2 fully saturated rings. The number of likely N-dealkylation sites (tertiary alicyclic amines) is 1. The molecule has 7 rings (SSSR count). The second-order valence-corrected chi connectivity index (χ2v) is 11.7. The molecule has 2 aliphatic rings. The van der Waals surface area contributed by atoms with E-state index in [-0.39, 0.29) is 18.0 Å². The molecule has 0 aliphatic carbocycles. The monoisotopic (exact) mass is 593 g/mol. The first-order chi connectivity index (χ1) is 21.1. The van der Waals surface area contributed by atoms with Gasteiger partial charge in [-0.3, -0.25) is 19.1 Å². The van der Waals surface area contributed by atoms with E-state index in [9.17, 15) is 9.59 Å². The summed E-state index contributed by atoms with van der Waals surface area (Å²) >= 11 is 1.53. The minimum absolute atomic E-state index is 0.0983. The molecular formula is C31H31N9O2S. The van der Waals surface area contributed by atoms with Crippen molar-refractivity contribution in [2.45, 2.75) is 31.8 Å². The predicted octanol–water partition coefficient (Wildman–Crippen LogP) is 4.12. The van der Waals surface area contributed by atoms with Crippen molar-refractivity contribution in [1.29, 1.82) is 0 Å². The maximum atomic E-state index is 13.9. The Kier molecular flexibility index (Phi) is 7.52. The van der Waals surface area contributed by atoms with Crippen molar-refractivity contribution in [3.8, 4) is 21.8 Å². The van der Waals surface area contributed by atoms with Crippen molar-refractivity contribution in [1.82, 2.24) is 34.7 Å². The number of pyridine rings is 2. The van der Waals surface area contributed by atoms with Gasteiger partial charge in [-0.05, 0) is 68.3 Å². The van der Waals surface area contributed by atoms with Crippen LogP contribution in [0.5, 0.6) is 0 Å². The number of hydrogen-bond acceptors (Lipinski definition) is 10. The maximum Gasteiger partial charge on any atom is 0.262 e. The highest BCUT2D eigenvalue weighted by molar-refractivity contribution is 7.13. The molecule has 6 heterocycles. The Hall–Kier alpha value is -4.68. The van der Waals surface area contributed by atoms with E-state index < -0.39 is 0 Å². The second kappa shape index (κ2) is 11.9. The summed E-state index contributed by atoms with van der Waals surface area (Å²) in [5.74, 6) is 0.243. The maximum absolute atomic E-state index is 13.9. The van der Waals surface area contributed by atoms with Crippen LogP contribution in [-0.2, 0) is 11.3 Å². The van der Waals surface area contributed by atoms with E-state index in [4.69, 9.17) is 4.98 Å². The van der Waals surface area contributed by atoms with Crippen molar-refractivity contribution in [2.75, 3.05) is 36.8 Å². The Morgan fingerprint density at radius 2 is 1.86 bits per heavy atom. The lowest BCUT2D eigenvalue weighted by molar-refractivity contribution is -0.130. The third-order valence-electron chi connectivity index (χ3n) is 7.87. The number of nitrogens with zero attached hydrogens (tertiary/aromatic N) is 6. The molecule has 218 valence electrons. The van der Waals surface area contributed by atoms with Crippen LogP contribution in [0.15, 0.2) is 71.2 Å². The minimum Gasteiger partial charge on any atom is -0.381 e. The zero-order valence-electron chi connectivity index (χ0n) is 23.5. The van der Waals surface area contributed by atoms with Gasteiger partial charge in [0.15, 0.2) is 0 Å². The molecule has 0 saturated carbocycles. The molecule has 1 aromatic carbocycles. The topological polar surface area (TPSA) is 130 Å². The lowest BCUT2D eigenvalue weighted by Gasteiger charge is -2.18. The highest BCUT2D eigenvalue weighted by Crippen LogP contribution is 2.25. The number of amides is 1. The van der Waals surface area contributed by atoms with E-state index in [0.29, 0.717) is 47.4 Å². The average molecular weight is 594 g/mol.